The molecule has 0 amide bonds. The molecule has 0 spiro atoms. The lowest BCUT2D eigenvalue weighted by molar-refractivity contribution is 0.410. The molecule has 3 aromatic rings. The molecule has 0 fully saturated rings. The fourth-order valence-corrected chi connectivity index (χ4v) is 4.84. The van der Waals surface area contributed by atoms with Gasteiger partial charge in [0.1, 0.15) is 5.75 Å². The predicted molar refractivity (Wildman–Crippen MR) is 112 cm³/mol. The van der Waals surface area contributed by atoms with Crippen LogP contribution >= 0.6 is 0 Å². The Morgan fingerprint density at radius 1 is 0.821 bits per heavy atom. The van der Waals surface area contributed by atoms with E-state index in [-0.39, 0.29) is 4.90 Å². The highest BCUT2D eigenvalue weighted by molar-refractivity contribution is 7.89. The first-order chi connectivity index (χ1) is 13.3. The molecule has 0 aliphatic carbocycles. The maximum Gasteiger partial charge on any atom is 0.241 e. The molecule has 0 bridgehead atoms. The van der Waals surface area contributed by atoms with Crippen molar-refractivity contribution in [1.82, 2.24) is 4.72 Å². The molecule has 1 N–H and O–H groups in total. The number of hydrogen-bond acceptors (Lipinski definition) is 3. The maximum absolute atomic E-state index is 13.3. The van der Waals surface area contributed by atoms with Gasteiger partial charge in [-0.15, -0.1) is 0 Å². The van der Waals surface area contributed by atoms with Gasteiger partial charge in [0, 0.05) is 0 Å². The van der Waals surface area contributed by atoms with Crippen molar-refractivity contribution in [1.29, 1.82) is 0 Å². The second-order valence-electron chi connectivity index (χ2n) is 6.90. The molecule has 0 saturated carbocycles. The molecule has 146 valence electrons. The Morgan fingerprint density at radius 2 is 1.50 bits per heavy atom. The van der Waals surface area contributed by atoms with Gasteiger partial charge in [0.2, 0.25) is 10.0 Å². The Morgan fingerprint density at radius 3 is 2.14 bits per heavy atom. The standard InChI is InChI=1S/C23H25NO3S/c1-16-9-8-12-20(15-16)23(19-10-6-5-7-11-19)24-28(25,26)22-14-13-21(27-4)17(2)18(22)3/h5-15,23-24H,1-4H3/t23-/m1/s1. The van der Waals surface area contributed by atoms with Crippen LogP contribution in [0.4, 0.5) is 0 Å². The summed E-state index contributed by atoms with van der Waals surface area (Å²) in [5.74, 6) is 0.676. The number of benzene rings is 3. The summed E-state index contributed by atoms with van der Waals surface area (Å²) in [6.45, 7) is 5.66. The second kappa shape index (κ2) is 8.17. The number of methoxy groups -OCH3 is 1. The normalized spacial score (nSPS) is 12.6. The van der Waals surface area contributed by atoms with Crippen molar-refractivity contribution in [3.8, 4) is 5.75 Å². The molecule has 3 aromatic carbocycles. The first-order valence-corrected chi connectivity index (χ1v) is 10.6. The van der Waals surface area contributed by atoms with Crippen LogP contribution in [0.15, 0.2) is 71.6 Å². The Kier molecular flexibility index (Phi) is 5.87. The molecule has 0 radical (unpaired) electrons. The van der Waals surface area contributed by atoms with E-state index in [1.165, 1.54) is 0 Å². The zero-order valence-corrected chi connectivity index (χ0v) is 17.4. The molecule has 0 aliphatic heterocycles. The van der Waals surface area contributed by atoms with Gasteiger partial charge in [-0.3, -0.25) is 0 Å². The summed E-state index contributed by atoms with van der Waals surface area (Å²) < 4.78 is 34.8. The summed E-state index contributed by atoms with van der Waals surface area (Å²) in [6, 6.07) is 20.3. The van der Waals surface area contributed by atoms with Gasteiger partial charge in [0.25, 0.3) is 0 Å². The van der Waals surface area contributed by atoms with Gasteiger partial charge in [-0.05, 0) is 55.2 Å². The van der Waals surface area contributed by atoms with Gasteiger partial charge in [-0.1, -0.05) is 60.2 Å². The van der Waals surface area contributed by atoms with Crippen LogP contribution in [0, 0.1) is 20.8 Å². The summed E-state index contributed by atoms with van der Waals surface area (Å²) in [7, 11) is -2.17. The highest BCUT2D eigenvalue weighted by Crippen LogP contribution is 2.30. The third kappa shape index (κ3) is 4.11. The van der Waals surface area contributed by atoms with E-state index < -0.39 is 16.1 Å². The third-order valence-electron chi connectivity index (χ3n) is 4.98. The molecular weight excluding hydrogens is 370 g/mol. The van der Waals surface area contributed by atoms with Crippen molar-refractivity contribution in [2.24, 2.45) is 0 Å². The van der Waals surface area contributed by atoms with E-state index in [9.17, 15) is 8.42 Å². The average Bonchev–Trinajstić information content (AvgIpc) is 2.68. The van der Waals surface area contributed by atoms with Crippen LogP contribution in [0.5, 0.6) is 5.75 Å². The second-order valence-corrected chi connectivity index (χ2v) is 8.58. The smallest absolute Gasteiger partial charge is 0.241 e. The average molecular weight is 396 g/mol. The largest absolute Gasteiger partial charge is 0.496 e. The van der Waals surface area contributed by atoms with Crippen LogP contribution in [-0.2, 0) is 10.0 Å². The fraction of sp³-hybridized carbons (Fsp3) is 0.217. The van der Waals surface area contributed by atoms with Crippen molar-refractivity contribution in [3.05, 3.63) is 94.5 Å². The Labute approximate surface area is 167 Å². The van der Waals surface area contributed by atoms with Crippen molar-refractivity contribution >= 4 is 10.0 Å². The molecule has 0 aromatic heterocycles. The number of nitrogens with one attached hydrogen (secondary N) is 1. The molecule has 0 heterocycles. The monoisotopic (exact) mass is 395 g/mol. The van der Waals surface area contributed by atoms with E-state index in [4.69, 9.17) is 4.74 Å². The van der Waals surface area contributed by atoms with Crippen LogP contribution in [0.2, 0.25) is 0 Å². The fourth-order valence-electron chi connectivity index (χ4n) is 3.33. The number of rotatable bonds is 6. The summed E-state index contributed by atoms with van der Waals surface area (Å²) >= 11 is 0. The minimum Gasteiger partial charge on any atom is -0.496 e. The molecule has 4 nitrogen and oxygen atoms in total. The van der Waals surface area contributed by atoms with Crippen LogP contribution in [0.1, 0.15) is 33.9 Å². The first-order valence-electron chi connectivity index (χ1n) is 9.11. The lowest BCUT2D eigenvalue weighted by Gasteiger charge is -2.22. The Hall–Kier alpha value is -2.63. The van der Waals surface area contributed by atoms with Crippen LogP contribution < -0.4 is 9.46 Å². The van der Waals surface area contributed by atoms with E-state index >= 15 is 0 Å². The molecule has 0 unspecified atom stereocenters. The van der Waals surface area contributed by atoms with Gasteiger partial charge < -0.3 is 4.74 Å². The first kappa shape index (κ1) is 20.1. The van der Waals surface area contributed by atoms with E-state index in [1.807, 2.05) is 68.4 Å². The number of hydrogen-bond donors (Lipinski definition) is 1. The van der Waals surface area contributed by atoms with E-state index in [0.717, 1.165) is 22.3 Å². The van der Waals surface area contributed by atoms with Gasteiger partial charge in [-0.25, -0.2) is 8.42 Å². The molecule has 0 aliphatic rings. The highest BCUT2D eigenvalue weighted by atomic mass is 32.2. The van der Waals surface area contributed by atoms with Gasteiger partial charge in [0.15, 0.2) is 0 Å². The third-order valence-corrected chi connectivity index (χ3v) is 6.55. The summed E-state index contributed by atoms with van der Waals surface area (Å²) in [5, 5.41) is 0. The number of sulfonamides is 1. The molecule has 1 atom stereocenters. The van der Waals surface area contributed by atoms with E-state index in [2.05, 4.69) is 4.72 Å². The molecular formula is C23H25NO3S. The number of aryl methyl sites for hydroxylation is 1. The van der Waals surface area contributed by atoms with E-state index in [1.54, 1.807) is 26.2 Å². The van der Waals surface area contributed by atoms with Crippen molar-refractivity contribution in [2.45, 2.75) is 31.7 Å². The molecule has 0 saturated heterocycles. The van der Waals surface area contributed by atoms with Crippen LogP contribution in [0.25, 0.3) is 0 Å². The quantitative estimate of drug-likeness (QED) is 0.659. The minimum absolute atomic E-state index is 0.263. The van der Waals surface area contributed by atoms with Crippen LogP contribution in [-0.4, -0.2) is 15.5 Å². The lowest BCUT2D eigenvalue weighted by Crippen LogP contribution is -2.30. The maximum atomic E-state index is 13.3. The van der Waals surface area contributed by atoms with Crippen LogP contribution in [0.3, 0.4) is 0 Å². The van der Waals surface area contributed by atoms with Gasteiger partial charge in [0.05, 0.1) is 18.0 Å². The minimum atomic E-state index is -3.75. The SMILES string of the molecule is COc1ccc(S(=O)(=O)N[C@H](c2ccccc2)c2cccc(C)c2)c(C)c1C. The van der Waals surface area contributed by atoms with E-state index in [0.29, 0.717) is 11.3 Å². The van der Waals surface area contributed by atoms with Crippen molar-refractivity contribution in [3.63, 3.8) is 0 Å². The zero-order chi connectivity index (χ0) is 20.3. The Bertz CT molecular complexity index is 1080. The van der Waals surface area contributed by atoms with Crippen molar-refractivity contribution < 1.29 is 13.2 Å². The molecule has 28 heavy (non-hydrogen) atoms. The Balaban J connectivity index is 2.07. The zero-order valence-electron chi connectivity index (χ0n) is 16.6. The van der Waals surface area contributed by atoms with Crippen molar-refractivity contribution in [2.75, 3.05) is 7.11 Å². The topological polar surface area (TPSA) is 55.4 Å². The lowest BCUT2D eigenvalue weighted by atomic mass is 9.98. The van der Waals surface area contributed by atoms with Gasteiger partial charge in [-0.2, -0.15) is 4.72 Å². The van der Waals surface area contributed by atoms with Gasteiger partial charge >= 0.3 is 0 Å². The number of ether oxygens (including phenoxy) is 1. The molecule has 5 heteroatoms. The summed E-state index contributed by atoms with van der Waals surface area (Å²) in [6.07, 6.45) is 0. The summed E-state index contributed by atoms with van der Waals surface area (Å²) in [4.78, 5) is 0.263. The summed E-state index contributed by atoms with van der Waals surface area (Å²) in [5.41, 5.74) is 4.37. The molecule has 3 rings (SSSR count). The predicted octanol–water partition coefficient (Wildman–Crippen LogP) is 4.69. The highest BCUT2D eigenvalue weighted by Gasteiger charge is 2.25.